The second-order valence-corrected chi connectivity index (χ2v) is 10.6. The zero-order valence-corrected chi connectivity index (χ0v) is 22.1. The summed E-state index contributed by atoms with van der Waals surface area (Å²) < 4.78 is 0. The van der Waals surface area contributed by atoms with Crippen LogP contribution >= 0.6 is 45.9 Å². The maximum absolute atomic E-state index is 13.3. The van der Waals surface area contributed by atoms with Gasteiger partial charge in [0.2, 0.25) is 0 Å². The van der Waals surface area contributed by atoms with Crippen molar-refractivity contribution in [2.24, 2.45) is 5.10 Å². The predicted octanol–water partition coefficient (Wildman–Crippen LogP) is 5.03. The topological polar surface area (TPSA) is 88.5 Å². The molecule has 0 unspecified atom stereocenters. The number of hydrogen-bond donors (Lipinski definition) is 2. The quantitative estimate of drug-likeness (QED) is 0.331. The molecule has 8 nitrogen and oxygen atoms in total. The molecule has 1 fully saturated rings. The van der Waals surface area contributed by atoms with Crippen LogP contribution in [0.5, 0.6) is 5.75 Å². The van der Waals surface area contributed by atoms with Crippen LogP contribution < -0.4 is 10.4 Å². The Balaban J connectivity index is 1.54. The predicted molar refractivity (Wildman–Crippen MR) is 143 cm³/mol. The number of aromatic hydroxyl groups is 1. The van der Waals surface area contributed by atoms with Gasteiger partial charge in [0.15, 0.2) is 5.75 Å². The van der Waals surface area contributed by atoms with Crippen molar-refractivity contribution in [3.05, 3.63) is 55.5 Å². The first-order valence-electron chi connectivity index (χ1n) is 10.7. The third-order valence-electron chi connectivity index (χ3n) is 5.38. The molecule has 1 aliphatic heterocycles. The summed E-state index contributed by atoms with van der Waals surface area (Å²) in [4.78, 5) is 29.5. The number of benzene rings is 1. The fourth-order valence-corrected chi connectivity index (χ4v) is 5.51. The lowest BCUT2D eigenvalue weighted by atomic mass is 10.1. The van der Waals surface area contributed by atoms with Crippen molar-refractivity contribution in [2.45, 2.75) is 6.92 Å². The highest BCUT2D eigenvalue weighted by atomic mass is 35.5. The van der Waals surface area contributed by atoms with E-state index in [2.05, 4.69) is 15.4 Å². The molecule has 35 heavy (non-hydrogen) atoms. The first kappa shape index (κ1) is 25.6. The van der Waals surface area contributed by atoms with E-state index in [4.69, 9.17) is 23.2 Å². The second-order valence-electron chi connectivity index (χ2n) is 7.81. The Morgan fingerprint density at radius 2 is 1.83 bits per heavy atom. The minimum absolute atomic E-state index is 0.100. The average Bonchev–Trinajstić information content (AvgIpc) is 3.48. The number of thiophene rings is 2. The number of piperazine rings is 1. The molecular formula is C23H23Cl2N5O3S2. The van der Waals surface area contributed by atoms with E-state index in [0.717, 1.165) is 42.5 Å². The highest BCUT2D eigenvalue weighted by Gasteiger charge is 2.26. The Bertz CT molecular complexity index is 1270. The monoisotopic (exact) mass is 551 g/mol. The van der Waals surface area contributed by atoms with Gasteiger partial charge < -0.3 is 10.0 Å². The Kier molecular flexibility index (Phi) is 8.10. The van der Waals surface area contributed by atoms with E-state index in [1.165, 1.54) is 17.6 Å². The molecule has 0 saturated carbocycles. The molecule has 2 N–H and O–H groups in total. The van der Waals surface area contributed by atoms with Gasteiger partial charge in [-0.25, -0.2) is 5.01 Å². The number of amides is 2. The molecule has 1 aromatic carbocycles. The van der Waals surface area contributed by atoms with Crippen molar-refractivity contribution in [2.75, 3.05) is 38.2 Å². The SMILES string of the molecule is CC=NN(C(=O)c1ccc(C(=O)NN2CCN(C)CC2)s1)c1csc(-c2ccc(Cl)c(Cl)c2)c1O. The first-order valence-corrected chi connectivity index (χ1v) is 13.2. The van der Waals surface area contributed by atoms with E-state index in [-0.39, 0.29) is 17.3 Å². The number of rotatable bonds is 6. The fourth-order valence-electron chi connectivity index (χ4n) is 3.47. The van der Waals surface area contributed by atoms with E-state index in [0.29, 0.717) is 30.2 Å². The number of hydrogen-bond acceptors (Lipinski definition) is 8. The number of hydrazone groups is 1. The van der Waals surface area contributed by atoms with Crippen LogP contribution in [0.3, 0.4) is 0 Å². The Morgan fingerprint density at radius 3 is 2.51 bits per heavy atom. The van der Waals surface area contributed by atoms with Gasteiger partial charge in [0.25, 0.3) is 11.8 Å². The maximum Gasteiger partial charge on any atom is 0.288 e. The molecule has 0 bridgehead atoms. The highest BCUT2D eigenvalue weighted by Crippen LogP contribution is 2.45. The van der Waals surface area contributed by atoms with Crippen LogP contribution in [0, 0.1) is 0 Å². The third-order valence-corrected chi connectivity index (χ3v) is 8.20. The molecule has 1 saturated heterocycles. The largest absolute Gasteiger partial charge is 0.504 e. The molecular weight excluding hydrogens is 529 g/mol. The van der Waals surface area contributed by atoms with E-state index < -0.39 is 5.91 Å². The molecule has 0 atom stereocenters. The van der Waals surface area contributed by atoms with Gasteiger partial charge in [0.05, 0.1) is 24.7 Å². The Hall–Kier alpha value is -2.47. The average molecular weight is 553 g/mol. The van der Waals surface area contributed by atoms with Gasteiger partial charge in [0.1, 0.15) is 5.69 Å². The lowest BCUT2D eigenvalue weighted by molar-refractivity contribution is 0.0666. The van der Waals surface area contributed by atoms with Crippen LogP contribution in [0.1, 0.15) is 26.3 Å². The lowest BCUT2D eigenvalue weighted by Gasteiger charge is -2.32. The zero-order chi connectivity index (χ0) is 25.1. The second kappa shape index (κ2) is 11.1. The molecule has 12 heteroatoms. The number of likely N-dealkylation sites (N-methyl/N-ethyl adjacent to an activating group) is 1. The highest BCUT2D eigenvalue weighted by molar-refractivity contribution is 7.16. The molecule has 0 aliphatic carbocycles. The van der Waals surface area contributed by atoms with Gasteiger partial charge in [-0.2, -0.15) is 10.1 Å². The number of anilines is 1. The van der Waals surface area contributed by atoms with Crippen LogP contribution in [-0.2, 0) is 0 Å². The van der Waals surface area contributed by atoms with E-state index >= 15 is 0 Å². The fraction of sp³-hybridized carbons (Fsp3) is 0.261. The molecule has 2 amide bonds. The molecule has 4 rings (SSSR count). The van der Waals surface area contributed by atoms with E-state index in [1.807, 2.05) is 12.1 Å². The minimum atomic E-state index is -0.458. The number of carbonyl (C=O) groups excluding carboxylic acids is 2. The van der Waals surface area contributed by atoms with Crippen LogP contribution in [-0.4, -0.2) is 66.3 Å². The van der Waals surface area contributed by atoms with Crippen LogP contribution in [0.15, 0.2) is 40.8 Å². The van der Waals surface area contributed by atoms with Gasteiger partial charge >= 0.3 is 0 Å². The number of halogens is 2. The minimum Gasteiger partial charge on any atom is -0.504 e. The van der Waals surface area contributed by atoms with Crippen molar-refractivity contribution < 1.29 is 14.7 Å². The molecule has 3 aromatic rings. The Morgan fingerprint density at radius 1 is 1.11 bits per heavy atom. The van der Waals surface area contributed by atoms with E-state index in [1.54, 1.807) is 42.6 Å². The van der Waals surface area contributed by atoms with Gasteiger partial charge in [0, 0.05) is 37.8 Å². The van der Waals surface area contributed by atoms with Gasteiger partial charge in [-0.05, 0) is 43.8 Å². The number of nitrogens with zero attached hydrogens (tertiary/aromatic N) is 4. The summed E-state index contributed by atoms with van der Waals surface area (Å²) in [6.45, 7) is 4.88. The normalized spacial score (nSPS) is 15.0. The van der Waals surface area contributed by atoms with E-state index in [9.17, 15) is 14.7 Å². The van der Waals surface area contributed by atoms with Crippen molar-refractivity contribution in [1.29, 1.82) is 0 Å². The Labute approximate surface area is 220 Å². The van der Waals surface area contributed by atoms with Crippen molar-refractivity contribution in [1.82, 2.24) is 15.3 Å². The van der Waals surface area contributed by atoms with Gasteiger partial charge in [-0.1, -0.05) is 29.3 Å². The zero-order valence-electron chi connectivity index (χ0n) is 19.0. The summed E-state index contributed by atoms with van der Waals surface area (Å²) in [5.41, 5.74) is 3.80. The molecule has 3 heterocycles. The summed E-state index contributed by atoms with van der Waals surface area (Å²) >= 11 is 14.5. The summed E-state index contributed by atoms with van der Waals surface area (Å²) in [5.74, 6) is -0.818. The summed E-state index contributed by atoms with van der Waals surface area (Å²) in [6.07, 6.45) is 1.46. The standard InChI is InChI=1S/C23H23Cl2N5O3S2/c1-3-26-30(17-13-34-21(20(17)31)14-4-5-15(24)16(25)12-14)23(33)19-7-6-18(35-19)22(32)27-29-10-8-28(2)9-11-29/h3-7,12-13,31H,8-11H2,1-2H3,(H,27,32). The molecule has 0 spiro atoms. The summed E-state index contributed by atoms with van der Waals surface area (Å²) in [5, 5.41) is 20.5. The van der Waals surface area contributed by atoms with Crippen LogP contribution in [0.2, 0.25) is 10.0 Å². The lowest BCUT2D eigenvalue weighted by Crippen LogP contribution is -2.52. The van der Waals surface area contributed by atoms with Gasteiger partial charge in [-0.15, -0.1) is 22.7 Å². The number of nitrogens with one attached hydrogen (secondary N) is 1. The van der Waals surface area contributed by atoms with Crippen LogP contribution in [0.25, 0.3) is 10.4 Å². The van der Waals surface area contributed by atoms with Crippen molar-refractivity contribution >= 4 is 69.6 Å². The smallest absolute Gasteiger partial charge is 0.288 e. The molecule has 1 aliphatic rings. The maximum atomic E-state index is 13.3. The van der Waals surface area contributed by atoms with Crippen molar-refractivity contribution in [3.63, 3.8) is 0 Å². The van der Waals surface area contributed by atoms with Crippen molar-refractivity contribution in [3.8, 4) is 16.2 Å². The number of carbonyl (C=O) groups is 2. The summed E-state index contributed by atoms with van der Waals surface area (Å²) in [7, 11) is 2.04. The third kappa shape index (κ3) is 5.69. The molecule has 184 valence electrons. The number of hydrazine groups is 1. The first-order chi connectivity index (χ1) is 16.8. The van der Waals surface area contributed by atoms with Crippen LogP contribution in [0.4, 0.5) is 5.69 Å². The summed E-state index contributed by atoms with van der Waals surface area (Å²) in [6, 6.07) is 8.24. The van der Waals surface area contributed by atoms with Gasteiger partial charge in [-0.3, -0.25) is 15.0 Å². The molecule has 2 aromatic heterocycles. The molecule has 0 radical (unpaired) electrons.